The molecule has 4 nitrogen and oxygen atoms in total. The number of phenolic OH excluding ortho intramolecular Hbond substituents is 2. The van der Waals surface area contributed by atoms with E-state index in [1.807, 2.05) is 0 Å². The van der Waals surface area contributed by atoms with Crippen molar-refractivity contribution >= 4 is 17.3 Å². The summed E-state index contributed by atoms with van der Waals surface area (Å²) in [5.41, 5.74) is 0.966. The van der Waals surface area contributed by atoms with Gasteiger partial charge in [-0.2, -0.15) is 0 Å². The van der Waals surface area contributed by atoms with Gasteiger partial charge < -0.3 is 20.8 Å². The molecule has 0 radical (unpaired) electrons. The van der Waals surface area contributed by atoms with Crippen molar-refractivity contribution in [3.05, 3.63) is 23.8 Å². The van der Waals surface area contributed by atoms with Crippen molar-refractivity contribution in [1.29, 1.82) is 0 Å². The van der Waals surface area contributed by atoms with Gasteiger partial charge in [-0.15, -0.1) is 0 Å². The van der Waals surface area contributed by atoms with Crippen LogP contribution in [0.25, 0.3) is 0 Å². The molecule has 110 valence electrons. The van der Waals surface area contributed by atoms with Crippen LogP contribution in [0.4, 0.5) is 0 Å². The van der Waals surface area contributed by atoms with Gasteiger partial charge in [-0.3, -0.25) is 0 Å². The molecule has 0 heterocycles. The van der Waals surface area contributed by atoms with Gasteiger partial charge in [0.1, 0.15) is 0 Å². The third-order valence-electron chi connectivity index (χ3n) is 3.68. The lowest BCUT2D eigenvalue weighted by molar-refractivity contribution is 0.403. The van der Waals surface area contributed by atoms with Crippen molar-refractivity contribution in [2.75, 3.05) is 6.54 Å². The second-order valence-electron chi connectivity index (χ2n) is 5.31. The molecule has 0 aromatic heterocycles. The molecule has 1 aliphatic rings. The topological polar surface area (TPSA) is 64.5 Å². The molecule has 4 N–H and O–H groups in total. The average molecular weight is 294 g/mol. The molecule has 0 unspecified atom stereocenters. The Morgan fingerprint density at radius 2 is 1.90 bits per heavy atom. The molecule has 1 aromatic rings. The molecule has 0 spiro atoms. The number of nitrogens with one attached hydrogen (secondary N) is 2. The highest BCUT2D eigenvalue weighted by atomic mass is 32.1. The predicted molar refractivity (Wildman–Crippen MR) is 84.1 cm³/mol. The quantitative estimate of drug-likeness (QED) is 0.507. The summed E-state index contributed by atoms with van der Waals surface area (Å²) in [5.74, 6) is -0.165. The van der Waals surface area contributed by atoms with E-state index in [4.69, 9.17) is 12.2 Å². The third kappa shape index (κ3) is 4.56. The smallest absolute Gasteiger partial charge is 0.166 e. The van der Waals surface area contributed by atoms with Crippen LogP contribution in [0.1, 0.15) is 37.7 Å². The molecular weight excluding hydrogens is 272 g/mol. The van der Waals surface area contributed by atoms with Gasteiger partial charge in [0.2, 0.25) is 0 Å². The van der Waals surface area contributed by atoms with Crippen LogP contribution in [-0.4, -0.2) is 27.9 Å². The number of phenols is 2. The summed E-state index contributed by atoms with van der Waals surface area (Å²) in [4.78, 5) is 0. The molecule has 1 saturated carbocycles. The van der Waals surface area contributed by atoms with Crippen molar-refractivity contribution in [3.8, 4) is 11.5 Å². The molecule has 0 amide bonds. The molecule has 5 heteroatoms. The average Bonchev–Trinajstić information content (AvgIpc) is 2.44. The monoisotopic (exact) mass is 294 g/mol. The molecule has 1 fully saturated rings. The van der Waals surface area contributed by atoms with Crippen LogP contribution in [0.15, 0.2) is 18.2 Å². The van der Waals surface area contributed by atoms with E-state index in [1.165, 1.54) is 38.2 Å². The molecule has 1 aliphatic carbocycles. The maximum Gasteiger partial charge on any atom is 0.166 e. The van der Waals surface area contributed by atoms with Gasteiger partial charge in [0, 0.05) is 12.6 Å². The lowest BCUT2D eigenvalue weighted by Crippen LogP contribution is -2.43. The maximum absolute atomic E-state index is 9.42. The highest BCUT2D eigenvalue weighted by molar-refractivity contribution is 7.80. The van der Waals surface area contributed by atoms with Crippen molar-refractivity contribution in [3.63, 3.8) is 0 Å². The van der Waals surface area contributed by atoms with E-state index in [-0.39, 0.29) is 11.5 Å². The maximum atomic E-state index is 9.42. The zero-order valence-electron chi connectivity index (χ0n) is 11.6. The van der Waals surface area contributed by atoms with E-state index in [2.05, 4.69) is 10.6 Å². The van der Waals surface area contributed by atoms with E-state index in [9.17, 15) is 10.2 Å². The molecule has 0 saturated heterocycles. The highest BCUT2D eigenvalue weighted by Crippen LogP contribution is 2.24. The molecule has 1 aromatic carbocycles. The van der Waals surface area contributed by atoms with Gasteiger partial charge in [0.15, 0.2) is 16.6 Å². The third-order valence-corrected chi connectivity index (χ3v) is 3.94. The number of rotatable bonds is 4. The molecular formula is C15H22N2O2S. The number of hydrogen-bond donors (Lipinski definition) is 4. The summed E-state index contributed by atoms with van der Waals surface area (Å²) in [6, 6.07) is 5.40. The van der Waals surface area contributed by atoms with Crippen LogP contribution in [0.3, 0.4) is 0 Å². The Balaban J connectivity index is 1.69. The van der Waals surface area contributed by atoms with Crippen LogP contribution >= 0.6 is 12.2 Å². The van der Waals surface area contributed by atoms with Crippen molar-refractivity contribution in [1.82, 2.24) is 10.6 Å². The minimum absolute atomic E-state index is 0.0783. The van der Waals surface area contributed by atoms with Crippen LogP contribution in [0.5, 0.6) is 11.5 Å². The fourth-order valence-electron chi connectivity index (χ4n) is 2.53. The van der Waals surface area contributed by atoms with Gasteiger partial charge in [-0.05, 0) is 49.2 Å². The van der Waals surface area contributed by atoms with Crippen LogP contribution in [0.2, 0.25) is 0 Å². The van der Waals surface area contributed by atoms with Crippen LogP contribution in [0, 0.1) is 0 Å². The molecule has 2 rings (SSSR count). The summed E-state index contributed by atoms with van der Waals surface area (Å²) in [6.45, 7) is 0.711. The Morgan fingerprint density at radius 3 is 2.60 bits per heavy atom. The first-order valence-corrected chi connectivity index (χ1v) is 7.61. The Morgan fingerprint density at radius 1 is 1.15 bits per heavy atom. The van der Waals surface area contributed by atoms with E-state index in [1.54, 1.807) is 12.1 Å². The highest BCUT2D eigenvalue weighted by Gasteiger charge is 2.13. The number of aromatic hydroxyl groups is 2. The van der Waals surface area contributed by atoms with E-state index in [0.717, 1.165) is 12.0 Å². The summed E-state index contributed by atoms with van der Waals surface area (Å²) in [7, 11) is 0. The fraction of sp³-hybridized carbons (Fsp3) is 0.533. The molecule has 20 heavy (non-hydrogen) atoms. The first kappa shape index (κ1) is 14.9. The summed E-state index contributed by atoms with van der Waals surface area (Å²) in [6.07, 6.45) is 7.06. The molecule has 0 bridgehead atoms. The van der Waals surface area contributed by atoms with Gasteiger partial charge in [-0.1, -0.05) is 25.3 Å². The standard InChI is InChI=1S/C15H22N2O2S/c18-13-7-6-11(10-14(13)19)8-9-16-15(20)17-12-4-2-1-3-5-12/h6-7,10,12,18-19H,1-5,8-9H2,(H2,16,17,20). The minimum atomic E-state index is -0.0869. The second-order valence-corrected chi connectivity index (χ2v) is 5.72. The molecule has 0 atom stereocenters. The molecule has 0 aliphatic heterocycles. The number of hydrogen-bond acceptors (Lipinski definition) is 3. The van der Waals surface area contributed by atoms with Crippen molar-refractivity contribution < 1.29 is 10.2 Å². The SMILES string of the molecule is Oc1ccc(CCNC(=S)NC2CCCCC2)cc1O. The van der Waals surface area contributed by atoms with Crippen molar-refractivity contribution in [2.45, 2.75) is 44.6 Å². The number of thiocarbonyl (C=S) groups is 1. The zero-order valence-corrected chi connectivity index (χ0v) is 12.4. The van der Waals surface area contributed by atoms with E-state index < -0.39 is 0 Å². The van der Waals surface area contributed by atoms with Gasteiger partial charge in [-0.25, -0.2) is 0 Å². The Kier molecular flexibility index (Phi) is 5.47. The largest absolute Gasteiger partial charge is 0.504 e. The summed E-state index contributed by atoms with van der Waals surface area (Å²) in [5, 5.41) is 25.9. The van der Waals surface area contributed by atoms with Crippen molar-refractivity contribution in [2.24, 2.45) is 0 Å². The first-order chi connectivity index (χ1) is 9.65. The lowest BCUT2D eigenvalue weighted by Gasteiger charge is -2.24. The Hall–Kier alpha value is -1.49. The Labute approximate surface area is 125 Å². The van der Waals surface area contributed by atoms with E-state index in [0.29, 0.717) is 17.7 Å². The van der Waals surface area contributed by atoms with Gasteiger partial charge >= 0.3 is 0 Å². The number of benzene rings is 1. The lowest BCUT2D eigenvalue weighted by atomic mass is 9.96. The zero-order chi connectivity index (χ0) is 14.4. The first-order valence-electron chi connectivity index (χ1n) is 7.20. The van der Waals surface area contributed by atoms with Gasteiger partial charge in [0.25, 0.3) is 0 Å². The van der Waals surface area contributed by atoms with Crippen LogP contribution in [-0.2, 0) is 6.42 Å². The van der Waals surface area contributed by atoms with Gasteiger partial charge in [0.05, 0.1) is 0 Å². The van der Waals surface area contributed by atoms with E-state index >= 15 is 0 Å². The fourth-order valence-corrected chi connectivity index (χ4v) is 2.80. The second kappa shape index (κ2) is 7.33. The van der Waals surface area contributed by atoms with Crippen LogP contribution < -0.4 is 10.6 Å². The normalized spacial score (nSPS) is 15.8. The summed E-state index contributed by atoms with van der Waals surface area (Å²) >= 11 is 5.29. The Bertz CT molecular complexity index is 459. The predicted octanol–water partition coefficient (Wildman–Crippen LogP) is 2.44. The minimum Gasteiger partial charge on any atom is -0.504 e. The summed E-state index contributed by atoms with van der Waals surface area (Å²) < 4.78 is 0.